The number of nitrogens with zero attached hydrogens (tertiary/aromatic N) is 6. The molecule has 0 saturated carbocycles. The van der Waals surface area contributed by atoms with Gasteiger partial charge in [-0.25, -0.2) is 0 Å². The van der Waals surface area contributed by atoms with Gasteiger partial charge in [0, 0.05) is 26.6 Å². The van der Waals surface area contributed by atoms with E-state index >= 15 is 0 Å². The summed E-state index contributed by atoms with van der Waals surface area (Å²) < 4.78 is 7.41. The SMILES string of the molecule is Cc1ccc(C(O)CN2CCC(c3nnc4ccc(N(C)C)nn34)CC2)o1. The smallest absolute Gasteiger partial charge is 0.178 e. The van der Waals surface area contributed by atoms with Crippen molar-refractivity contribution in [3.05, 3.63) is 41.6 Å². The zero-order valence-corrected chi connectivity index (χ0v) is 16.0. The van der Waals surface area contributed by atoms with Crippen LogP contribution in [0.2, 0.25) is 0 Å². The van der Waals surface area contributed by atoms with Gasteiger partial charge in [-0.2, -0.15) is 4.52 Å². The molecule has 1 atom stereocenters. The van der Waals surface area contributed by atoms with Gasteiger partial charge in [0.15, 0.2) is 11.5 Å². The predicted octanol–water partition coefficient (Wildman–Crippen LogP) is 2.00. The van der Waals surface area contributed by atoms with E-state index in [0.717, 1.165) is 49.0 Å². The molecule has 3 aromatic rings. The van der Waals surface area contributed by atoms with Gasteiger partial charge in [-0.15, -0.1) is 15.3 Å². The summed E-state index contributed by atoms with van der Waals surface area (Å²) in [5.41, 5.74) is 0.779. The minimum Gasteiger partial charge on any atom is -0.464 e. The molecule has 4 rings (SSSR count). The average Bonchev–Trinajstić information content (AvgIpc) is 3.28. The first-order valence-corrected chi connectivity index (χ1v) is 9.37. The second-order valence-electron chi connectivity index (χ2n) is 7.45. The Labute approximate surface area is 158 Å². The number of aliphatic hydroxyl groups is 1. The highest BCUT2D eigenvalue weighted by Gasteiger charge is 2.27. The molecule has 0 amide bonds. The molecule has 144 valence electrons. The monoisotopic (exact) mass is 370 g/mol. The summed E-state index contributed by atoms with van der Waals surface area (Å²) in [7, 11) is 3.95. The van der Waals surface area contributed by atoms with Gasteiger partial charge in [-0.3, -0.25) is 0 Å². The van der Waals surface area contributed by atoms with Gasteiger partial charge in [-0.05, 0) is 57.1 Å². The molecule has 3 aromatic heterocycles. The first-order valence-electron chi connectivity index (χ1n) is 9.37. The highest BCUT2D eigenvalue weighted by atomic mass is 16.4. The summed E-state index contributed by atoms with van der Waals surface area (Å²) in [6.45, 7) is 4.29. The normalized spacial score (nSPS) is 17.5. The minimum absolute atomic E-state index is 0.323. The number of hydrogen-bond donors (Lipinski definition) is 1. The van der Waals surface area contributed by atoms with Crippen molar-refractivity contribution >= 4 is 11.5 Å². The van der Waals surface area contributed by atoms with Gasteiger partial charge in [0.2, 0.25) is 0 Å². The standard InChI is InChI=1S/C19H26N6O2/c1-13-4-5-16(27-13)15(26)12-24-10-8-14(9-11-24)19-21-20-17-6-7-18(23(2)3)22-25(17)19/h4-7,14-15,26H,8-12H2,1-3H3. The molecule has 1 unspecified atom stereocenters. The van der Waals surface area contributed by atoms with E-state index < -0.39 is 6.10 Å². The van der Waals surface area contributed by atoms with E-state index in [1.807, 2.05) is 54.7 Å². The number of likely N-dealkylation sites (tertiary alicyclic amines) is 1. The number of aliphatic hydroxyl groups excluding tert-OH is 1. The van der Waals surface area contributed by atoms with Crippen molar-refractivity contribution in [2.45, 2.75) is 31.8 Å². The molecule has 0 radical (unpaired) electrons. The highest BCUT2D eigenvalue weighted by Crippen LogP contribution is 2.28. The molecule has 4 heterocycles. The summed E-state index contributed by atoms with van der Waals surface area (Å²) in [4.78, 5) is 4.25. The van der Waals surface area contributed by atoms with Crippen molar-refractivity contribution in [2.24, 2.45) is 0 Å². The van der Waals surface area contributed by atoms with Crippen LogP contribution in [0.3, 0.4) is 0 Å². The molecule has 1 aliphatic heterocycles. The highest BCUT2D eigenvalue weighted by molar-refractivity contribution is 5.45. The molecule has 8 nitrogen and oxygen atoms in total. The van der Waals surface area contributed by atoms with Gasteiger partial charge in [0.1, 0.15) is 23.4 Å². The molecule has 1 fully saturated rings. The van der Waals surface area contributed by atoms with Crippen molar-refractivity contribution in [2.75, 3.05) is 38.6 Å². The van der Waals surface area contributed by atoms with Crippen LogP contribution in [0.4, 0.5) is 5.82 Å². The Bertz CT molecular complexity index is 910. The molecule has 1 N–H and O–H groups in total. The molecule has 1 aliphatic rings. The lowest BCUT2D eigenvalue weighted by atomic mass is 9.96. The van der Waals surface area contributed by atoms with E-state index in [1.54, 1.807) is 0 Å². The van der Waals surface area contributed by atoms with E-state index in [2.05, 4.69) is 20.2 Å². The Kier molecular flexibility index (Phi) is 4.84. The Balaban J connectivity index is 1.42. The summed E-state index contributed by atoms with van der Waals surface area (Å²) >= 11 is 0. The van der Waals surface area contributed by atoms with Crippen molar-refractivity contribution in [3.8, 4) is 0 Å². The van der Waals surface area contributed by atoms with Crippen LogP contribution in [0.1, 0.15) is 42.2 Å². The number of piperidine rings is 1. The fourth-order valence-electron chi connectivity index (χ4n) is 3.63. The fraction of sp³-hybridized carbons (Fsp3) is 0.526. The van der Waals surface area contributed by atoms with E-state index in [4.69, 9.17) is 4.42 Å². The van der Waals surface area contributed by atoms with Crippen LogP contribution >= 0.6 is 0 Å². The molecule has 27 heavy (non-hydrogen) atoms. The first kappa shape index (κ1) is 17.9. The molecule has 0 spiro atoms. The van der Waals surface area contributed by atoms with Crippen LogP contribution in [-0.2, 0) is 0 Å². The molecular formula is C19H26N6O2. The second-order valence-corrected chi connectivity index (χ2v) is 7.45. The molecule has 1 saturated heterocycles. The van der Waals surface area contributed by atoms with Crippen LogP contribution in [0.25, 0.3) is 5.65 Å². The summed E-state index contributed by atoms with van der Waals surface area (Å²) in [5.74, 6) is 3.60. The Hall–Kier alpha value is -2.45. The summed E-state index contributed by atoms with van der Waals surface area (Å²) in [6, 6.07) is 7.64. The van der Waals surface area contributed by atoms with E-state index in [9.17, 15) is 5.11 Å². The lowest BCUT2D eigenvalue weighted by molar-refractivity contribution is 0.0803. The Morgan fingerprint density at radius 2 is 1.96 bits per heavy atom. The number of furan rings is 1. The van der Waals surface area contributed by atoms with Gasteiger partial charge in [0.25, 0.3) is 0 Å². The number of hydrogen-bond acceptors (Lipinski definition) is 7. The molecule has 0 aromatic carbocycles. The number of anilines is 1. The number of rotatable bonds is 5. The third-order valence-electron chi connectivity index (χ3n) is 5.20. The van der Waals surface area contributed by atoms with Gasteiger partial charge in [-0.1, -0.05) is 0 Å². The first-order chi connectivity index (χ1) is 13.0. The van der Waals surface area contributed by atoms with Crippen LogP contribution in [0, 0.1) is 6.92 Å². The minimum atomic E-state index is -0.589. The third kappa shape index (κ3) is 3.68. The summed E-state index contributed by atoms with van der Waals surface area (Å²) in [6.07, 6.45) is 1.35. The average molecular weight is 370 g/mol. The largest absolute Gasteiger partial charge is 0.464 e. The van der Waals surface area contributed by atoms with Crippen LogP contribution < -0.4 is 4.90 Å². The van der Waals surface area contributed by atoms with Crippen molar-refractivity contribution in [3.63, 3.8) is 0 Å². The Morgan fingerprint density at radius 3 is 2.63 bits per heavy atom. The predicted molar refractivity (Wildman–Crippen MR) is 102 cm³/mol. The number of aryl methyl sites for hydroxylation is 1. The molecule has 0 bridgehead atoms. The zero-order chi connectivity index (χ0) is 19.0. The number of β-amino-alcohol motifs (C(OH)–C–C–N with tert-alkyl or cyclic N) is 1. The van der Waals surface area contributed by atoms with Crippen molar-refractivity contribution < 1.29 is 9.52 Å². The van der Waals surface area contributed by atoms with Crippen LogP contribution in [0.15, 0.2) is 28.7 Å². The van der Waals surface area contributed by atoms with E-state index in [1.165, 1.54) is 0 Å². The lowest BCUT2D eigenvalue weighted by Crippen LogP contribution is -2.36. The molecule has 8 heteroatoms. The fourth-order valence-corrected chi connectivity index (χ4v) is 3.63. The third-order valence-corrected chi connectivity index (χ3v) is 5.20. The van der Waals surface area contributed by atoms with Gasteiger partial charge >= 0.3 is 0 Å². The van der Waals surface area contributed by atoms with Crippen LogP contribution in [0.5, 0.6) is 0 Å². The molecular weight excluding hydrogens is 344 g/mol. The quantitative estimate of drug-likeness (QED) is 0.735. The van der Waals surface area contributed by atoms with Gasteiger partial charge in [0.05, 0.1) is 0 Å². The van der Waals surface area contributed by atoms with E-state index in [0.29, 0.717) is 18.2 Å². The van der Waals surface area contributed by atoms with E-state index in [-0.39, 0.29) is 0 Å². The topological polar surface area (TPSA) is 82.9 Å². The maximum absolute atomic E-state index is 10.4. The van der Waals surface area contributed by atoms with Gasteiger partial charge < -0.3 is 19.3 Å². The zero-order valence-electron chi connectivity index (χ0n) is 16.0. The second kappa shape index (κ2) is 7.28. The van der Waals surface area contributed by atoms with Crippen molar-refractivity contribution in [1.82, 2.24) is 24.7 Å². The lowest BCUT2D eigenvalue weighted by Gasteiger charge is -2.32. The number of aromatic nitrogens is 4. The number of fused-ring (bicyclic) bond motifs is 1. The van der Waals surface area contributed by atoms with Crippen LogP contribution in [-0.4, -0.2) is 63.5 Å². The molecule has 0 aliphatic carbocycles. The summed E-state index contributed by atoms with van der Waals surface area (Å²) in [5, 5.41) is 23.7. The maximum Gasteiger partial charge on any atom is 0.178 e. The Morgan fingerprint density at radius 1 is 1.19 bits per heavy atom. The van der Waals surface area contributed by atoms with Crippen molar-refractivity contribution in [1.29, 1.82) is 0 Å². The maximum atomic E-state index is 10.4.